The number of aryl methyl sites for hydroxylation is 1. The number of aliphatic hydroxyl groups is 1. The summed E-state index contributed by atoms with van der Waals surface area (Å²) in [5.41, 5.74) is 2.04. The molecule has 1 aliphatic rings. The standard InChI is InChI=1S/C15H16ClFN2O2/c1-8-14(12-4-9(16)2-3-13(12)18-8)15(21)19-6-10(17)5-11(19)7-20/h2-4,10-11,18,20H,5-7H2,1H3/t10-,11-/m0/s1. The quantitative estimate of drug-likeness (QED) is 0.896. The highest BCUT2D eigenvalue weighted by molar-refractivity contribution is 6.31. The maximum atomic E-state index is 13.6. The summed E-state index contributed by atoms with van der Waals surface area (Å²) in [6.07, 6.45) is -0.898. The van der Waals surface area contributed by atoms with E-state index in [2.05, 4.69) is 4.98 Å². The Kier molecular flexibility index (Phi) is 3.63. The molecule has 1 aliphatic heterocycles. The van der Waals surface area contributed by atoms with Crippen molar-refractivity contribution in [2.75, 3.05) is 13.2 Å². The molecule has 1 aromatic heterocycles. The number of amides is 1. The van der Waals surface area contributed by atoms with Crippen LogP contribution in [-0.2, 0) is 0 Å². The van der Waals surface area contributed by atoms with Gasteiger partial charge in [0.25, 0.3) is 5.91 Å². The number of carbonyl (C=O) groups excluding carboxylic acids is 1. The molecule has 1 amide bonds. The van der Waals surface area contributed by atoms with Gasteiger partial charge in [-0.2, -0.15) is 0 Å². The van der Waals surface area contributed by atoms with Crippen LogP contribution in [0, 0.1) is 6.92 Å². The van der Waals surface area contributed by atoms with Crippen molar-refractivity contribution in [1.82, 2.24) is 9.88 Å². The Hall–Kier alpha value is -1.59. The van der Waals surface area contributed by atoms with Crippen molar-refractivity contribution in [2.24, 2.45) is 0 Å². The Balaban J connectivity index is 2.05. The molecule has 6 heteroatoms. The fourth-order valence-corrected chi connectivity index (χ4v) is 3.17. The number of benzene rings is 1. The summed E-state index contributed by atoms with van der Waals surface area (Å²) in [5.74, 6) is -0.264. The third-order valence-electron chi connectivity index (χ3n) is 4.00. The van der Waals surface area contributed by atoms with Gasteiger partial charge >= 0.3 is 0 Å². The number of carbonyl (C=O) groups is 1. The summed E-state index contributed by atoms with van der Waals surface area (Å²) in [7, 11) is 0. The predicted molar refractivity (Wildman–Crippen MR) is 79.5 cm³/mol. The van der Waals surface area contributed by atoms with E-state index in [4.69, 9.17) is 11.6 Å². The molecule has 0 bridgehead atoms. The average Bonchev–Trinajstić information content (AvgIpc) is 2.97. The third kappa shape index (κ3) is 2.40. The molecule has 0 unspecified atom stereocenters. The minimum atomic E-state index is -1.08. The summed E-state index contributed by atoms with van der Waals surface area (Å²) >= 11 is 6.00. The van der Waals surface area contributed by atoms with Gasteiger partial charge in [0.15, 0.2) is 0 Å². The van der Waals surface area contributed by atoms with E-state index < -0.39 is 12.2 Å². The van der Waals surface area contributed by atoms with Crippen LogP contribution in [0.1, 0.15) is 22.5 Å². The number of aromatic nitrogens is 1. The van der Waals surface area contributed by atoms with Gasteiger partial charge in [0.1, 0.15) is 6.17 Å². The fraction of sp³-hybridized carbons (Fsp3) is 0.400. The molecule has 2 aromatic rings. The highest BCUT2D eigenvalue weighted by Crippen LogP contribution is 2.29. The molecule has 0 saturated carbocycles. The third-order valence-corrected chi connectivity index (χ3v) is 4.23. The summed E-state index contributed by atoms with van der Waals surface area (Å²) in [5, 5.41) is 10.6. The normalized spacial score (nSPS) is 22.2. The highest BCUT2D eigenvalue weighted by Gasteiger charge is 2.36. The first kappa shape index (κ1) is 14.4. The second kappa shape index (κ2) is 5.31. The molecule has 0 radical (unpaired) electrons. The molecule has 4 nitrogen and oxygen atoms in total. The number of likely N-dealkylation sites (tertiary alicyclic amines) is 1. The monoisotopic (exact) mass is 310 g/mol. The number of rotatable bonds is 2. The Bertz CT molecular complexity index is 700. The molecule has 0 spiro atoms. The molecule has 1 aromatic carbocycles. The van der Waals surface area contributed by atoms with Gasteiger partial charge in [0.05, 0.1) is 24.8 Å². The molecule has 21 heavy (non-hydrogen) atoms. The number of nitrogens with one attached hydrogen (secondary N) is 1. The van der Waals surface area contributed by atoms with Gasteiger partial charge in [0.2, 0.25) is 0 Å². The van der Waals surface area contributed by atoms with Crippen LogP contribution in [0.4, 0.5) is 4.39 Å². The summed E-state index contributed by atoms with van der Waals surface area (Å²) < 4.78 is 13.6. The van der Waals surface area contributed by atoms with E-state index in [0.29, 0.717) is 10.6 Å². The zero-order valence-electron chi connectivity index (χ0n) is 11.6. The lowest BCUT2D eigenvalue weighted by molar-refractivity contribution is 0.0674. The van der Waals surface area contributed by atoms with Crippen molar-refractivity contribution in [3.05, 3.63) is 34.5 Å². The van der Waals surface area contributed by atoms with Crippen LogP contribution in [0.15, 0.2) is 18.2 Å². The second-order valence-electron chi connectivity index (χ2n) is 5.44. The molecule has 1 fully saturated rings. The number of nitrogens with zero attached hydrogens (tertiary/aromatic N) is 1. The maximum Gasteiger partial charge on any atom is 0.256 e. The van der Waals surface area contributed by atoms with Crippen molar-refractivity contribution < 1.29 is 14.3 Å². The minimum Gasteiger partial charge on any atom is -0.394 e. The van der Waals surface area contributed by atoms with Gasteiger partial charge < -0.3 is 15.0 Å². The second-order valence-corrected chi connectivity index (χ2v) is 5.88. The molecule has 2 atom stereocenters. The Morgan fingerprint density at radius 3 is 3.05 bits per heavy atom. The molecule has 112 valence electrons. The van der Waals surface area contributed by atoms with Crippen LogP contribution >= 0.6 is 11.6 Å². The van der Waals surface area contributed by atoms with Gasteiger partial charge in [-0.3, -0.25) is 4.79 Å². The highest BCUT2D eigenvalue weighted by atomic mass is 35.5. The molecule has 1 saturated heterocycles. The van der Waals surface area contributed by atoms with Gasteiger partial charge in [-0.15, -0.1) is 0 Å². The lowest BCUT2D eigenvalue weighted by atomic mass is 10.1. The number of halogens is 2. The van der Waals surface area contributed by atoms with E-state index >= 15 is 0 Å². The number of hydrogen-bond acceptors (Lipinski definition) is 2. The zero-order chi connectivity index (χ0) is 15.1. The van der Waals surface area contributed by atoms with Crippen molar-refractivity contribution in [3.8, 4) is 0 Å². The number of aliphatic hydroxyl groups excluding tert-OH is 1. The van der Waals surface area contributed by atoms with Crippen LogP contribution in [0.25, 0.3) is 10.9 Å². The van der Waals surface area contributed by atoms with Gasteiger partial charge in [-0.25, -0.2) is 4.39 Å². The van der Waals surface area contributed by atoms with E-state index in [9.17, 15) is 14.3 Å². The van der Waals surface area contributed by atoms with Crippen LogP contribution < -0.4 is 0 Å². The maximum absolute atomic E-state index is 13.6. The van der Waals surface area contributed by atoms with Crippen molar-refractivity contribution in [3.63, 3.8) is 0 Å². The molecular weight excluding hydrogens is 295 g/mol. The first-order chi connectivity index (χ1) is 10.0. The Morgan fingerprint density at radius 1 is 1.57 bits per heavy atom. The first-order valence-corrected chi connectivity index (χ1v) is 7.22. The molecule has 0 aliphatic carbocycles. The Morgan fingerprint density at radius 2 is 2.33 bits per heavy atom. The largest absolute Gasteiger partial charge is 0.394 e. The minimum absolute atomic E-state index is 0.0245. The summed E-state index contributed by atoms with van der Waals surface area (Å²) in [4.78, 5) is 17.3. The summed E-state index contributed by atoms with van der Waals surface area (Å²) in [6, 6.07) is 4.83. The van der Waals surface area contributed by atoms with Crippen LogP contribution in [0.5, 0.6) is 0 Å². The lowest BCUT2D eigenvalue weighted by Crippen LogP contribution is -2.38. The molecular formula is C15H16ClFN2O2. The number of alkyl halides is 1. The van der Waals surface area contributed by atoms with Crippen LogP contribution in [0.2, 0.25) is 5.02 Å². The number of hydrogen-bond donors (Lipinski definition) is 2. The van der Waals surface area contributed by atoms with E-state index in [1.54, 1.807) is 19.1 Å². The van der Waals surface area contributed by atoms with E-state index in [0.717, 1.165) is 16.6 Å². The lowest BCUT2D eigenvalue weighted by Gasteiger charge is -2.22. The van der Waals surface area contributed by atoms with E-state index in [-0.39, 0.29) is 25.5 Å². The van der Waals surface area contributed by atoms with Crippen LogP contribution in [-0.4, -0.2) is 46.3 Å². The van der Waals surface area contributed by atoms with Crippen molar-refractivity contribution in [2.45, 2.75) is 25.6 Å². The number of H-pyrrole nitrogens is 1. The van der Waals surface area contributed by atoms with Crippen molar-refractivity contribution in [1.29, 1.82) is 0 Å². The smallest absolute Gasteiger partial charge is 0.256 e. The predicted octanol–water partition coefficient (Wildman–Crippen LogP) is 2.67. The average molecular weight is 311 g/mol. The molecule has 3 rings (SSSR count). The topological polar surface area (TPSA) is 56.3 Å². The van der Waals surface area contributed by atoms with Gasteiger partial charge in [-0.1, -0.05) is 11.6 Å². The van der Waals surface area contributed by atoms with E-state index in [1.807, 2.05) is 6.07 Å². The summed E-state index contributed by atoms with van der Waals surface area (Å²) in [6.45, 7) is 1.60. The fourth-order valence-electron chi connectivity index (χ4n) is 3.00. The molecule has 2 heterocycles. The number of fused-ring (bicyclic) bond motifs is 1. The molecule has 2 N–H and O–H groups in total. The van der Waals surface area contributed by atoms with Gasteiger partial charge in [-0.05, 0) is 25.1 Å². The number of aromatic amines is 1. The Labute approximate surface area is 126 Å². The van der Waals surface area contributed by atoms with Gasteiger partial charge in [0, 0.05) is 28.0 Å². The zero-order valence-corrected chi connectivity index (χ0v) is 12.3. The van der Waals surface area contributed by atoms with Crippen molar-refractivity contribution >= 4 is 28.4 Å². The van der Waals surface area contributed by atoms with E-state index in [1.165, 1.54) is 4.90 Å². The first-order valence-electron chi connectivity index (χ1n) is 6.85. The van der Waals surface area contributed by atoms with Crippen LogP contribution in [0.3, 0.4) is 0 Å². The SMILES string of the molecule is Cc1[nH]c2ccc(Cl)cc2c1C(=O)N1C[C@@H](F)C[C@H]1CO.